The minimum atomic E-state index is -0.546. The number of anilines is 1. The van der Waals surface area contributed by atoms with Crippen molar-refractivity contribution in [3.63, 3.8) is 0 Å². The van der Waals surface area contributed by atoms with Crippen molar-refractivity contribution in [2.75, 3.05) is 12.4 Å². The Labute approximate surface area is 146 Å². The second kappa shape index (κ2) is 6.77. The molecule has 6 heteroatoms. The molecule has 0 spiro atoms. The first-order valence-electron chi connectivity index (χ1n) is 7.98. The van der Waals surface area contributed by atoms with Gasteiger partial charge in [-0.3, -0.25) is 0 Å². The van der Waals surface area contributed by atoms with Crippen LogP contribution in [-0.4, -0.2) is 23.0 Å². The smallest absolute Gasteiger partial charge is 0.358 e. The summed E-state index contributed by atoms with van der Waals surface area (Å²) >= 11 is 6.35. The van der Waals surface area contributed by atoms with Crippen LogP contribution in [0.4, 0.5) is 5.82 Å². The maximum Gasteiger partial charge on any atom is 0.358 e. The van der Waals surface area contributed by atoms with Crippen LogP contribution in [0, 0.1) is 6.92 Å². The third kappa shape index (κ3) is 3.51. The lowest BCUT2D eigenvalue weighted by molar-refractivity contribution is 0.0593. The first-order valence-corrected chi connectivity index (χ1v) is 8.36. The summed E-state index contributed by atoms with van der Waals surface area (Å²) in [5.41, 5.74) is 2.43. The van der Waals surface area contributed by atoms with Gasteiger partial charge in [0.05, 0.1) is 13.2 Å². The molecule has 24 heavy (non-hydrogen) atoms. The zero-order chi connectivity index (χ0) is 17.3. The normalized spacial score (nSPS) is 15.0. The van der Waals surface area contributed by atoms with Crippen LogP contribution in [0.2, 0.25) is 5.02 Å². The number of carbonyl (C=O) groups is 1. The number of nitrogens with one attached hydrogen (secondary N) is 1. The van der Waals surface area contributed by atoms with Gasteiger partial charge in [-0.25, -0.2) is 14.8 Å². The van der Waals surface area contributed by atoms with Crippen molar-refractivity contribution in [1.29, 1.82) is 0 Å². The number of carbonyl (C=O) groups excluding carboxylic acids is 1. The fourth-order valence-electron chi connectivity index (χ4n) is 2.54. The molecule has 0 bridgehead atoms. The zero-order valence-electron chi connectivity index (χ0n) is 14.0. The number of aryl methyl sites for hydroxylation is 1. The zero-order valence-corrected chi connectivity index (χ0v) is 14.7. The molecule has 0 radical (unpaired) electrons. The molecule has 0 saturated heterocycles. The second-order valence-corrected chi connectivity index (χ2v) is 6.52. The topological polar surface area (TPSA) is 64.1 Å². The van der Waals surface area contributed by atoms with Crippen molar-refractivity contribution in [3.05, 3.63) is 51.9 Å². The largest absolute Gasteiger partial charge is 0.464 e. The molecule has 1 aliphatic rings. The summed E-state index contributed by atoms with van der Waals surface area (Å²) in [5.74, 6) is 0.887. The Morgan fingerprint density at radius 3 is 2.75 bits per heavy atom. The monoisotopic (exact) mass is 345 g/mol. The lowest BCUT2D eigenvalue weighted by Crippen LogP contribution is -2.14. The summed E-state index contributed by atoms with van der Waals surface area (Å²) in [6.45, 7) is 4.08. The van der Waals surface area contributed by atoms with Crippen molar-refractivity contribution < 1.29 is 9.53 Å². The van der Waals surface area contributed by atoms with E-state index in [0.717, 1.165) is 18.4 Å². The average Bonchev–Trinajstić information content (AvgIpc) is 3.41. The lowest BCUT2D eigenvalue weighted by Gasteiger charge is -2.18. The van der Waals surface area contributed by atoms with Gasteiger partial charge in [-0.05, 0) is 32.3 Å². The molecule has 1 aliphatic carbocycles. The number of rotatable bonds is 5. The summed E-state index contributed by atoms with van der Waals surface area (Å²) in [5, 5.41) is 3.51. The fraction of sp³-hybridized carbons (Fsp3) is 0.389. The molecular formula is C18H20ClN3O2. The molecule has 0 aliphatic heterocycles. The summed E-state index contributed by atoms with van der Waals surface area (Å²) in [6, 6.07) is 8.21. The number of nitrogens with zero attached hydrogens (tertiary/aromatic N) is 2. The van der Waals surface area contributed by atoms with Gasteiger partial charge in [0, 0.05) is 5.92 Å². The molecule has 1 heterocycles. The molecule has 0 amide bonds. The van der Waals surface area contributed by atoms with Crippen molar-refractivity contribution in [1.82, 2.24) is 9.97 Å². The molecular weight excluding hydrogens is 326 g/mol. The highest BCUT2D eigenvalue weighted by Gasteiger charge is 2.30. The Kier molecular flexibility index (Phi) is 4.71. The summed E-state index contributed by atoms with van der Waals surface area (Å²) in [4.78, 5) is 20.8. The number of halogens is 1. The molecule has 1 aromatic heterocycles. The number of hydrogen-bond donors (Lipinski definition) is 1. The van der Waals surface area contributed by atoms with Crippen molar-refractivity contribution in [3.8, 4) is 0 Å². The Morgan fingerprint density at radius 2 is 2.12 bits per heavy atom. The van der Waals surface area contributed by atoms with E-state index in [0.29, 0.717) is 17.6 Å². The van der Waals surface area contributed by atoms with Crippen LogP contribution in [0.5, 0.6) is 0 Å². The van der Waals surface area contributed by atoms with Crippen LogP contribution in [0.15, 0.2) is 24.3 Å². The Morgan fingerprint density at radius 1 is 1.38 bits per heavy atom. The van der Waals surface area contributed by atoms with E-state index in [4.69, 9.17) is 16.3 Å². The van der Waals surface area contributed by atoms with Gasteiger partial charge in [-0.15, -0.1) is 0 Å². The maximum absolute atomic E-state index is 12.0. The Bertz CT molecular complexity index is 775. The summed E-state index contributed by atoms with van der Waals surface area (Å²) in [6.07, 6.45) is 2.07. The van der Waals surface area contributed by atoms with E-state index >= 15 is 0 Å². The highest BCUT2D eigenvalue weighted by Crippen LogP contribution is 2.40. The van der Waals surface area contributed by atoms with E-state index in [1.807, 2.05) is 19.1 Å². The van der Waals surface area contributed by atoms with Gasteiger partial charge in [0.2, 0.25) is 0 Å². The van der Waals surface area contributed by atoms with Crippen LogP contribution in [0.3, 0.4) is 0 Å². The quantitative estimate of drug-likeness (QED) is 0.819. The molecule has 1 atom stereocenters. The minimum Gasteiger partial charge on any atom is -0.464 e. The number of methoxy groups -OCH3 is 1. The molecule has 1 aromatic carbocycles. The molecule has 126 valence electrons. The van der Waals surface area contributed by atoms with E-state index in [1.54, 1.807) is 0 Å². The summed E-state index contributed by atoms with van der Waals surface area (Å²) < 4.78 is 4.79. The van der Waals surface area contributed by atoms with Crippen LogP contribution in [0.1, 0.15) is 59.2 Å². The van der Waals surface area contributed by atoms with Crippen LogP contribution in [-0.2, 0) is 4.74 Å². The van der Waals surface area contributed by atoms with Crippen LogP contribution >= 0.6 is 11.6 Å². The van der Waals surface area contributed by atoms with Gasteiger partial charge in [0.15, 0.2) is 5.69 Å². The lowest BCUT2D eigenvalue weighted by atomic mass is 10.1. The molecule has 1 unspecified atom stereocenters. The van der Waals surface area contributed by atoms with Crippen LogP contribution < -0.4 is 5.32 Å². The van der Waals surface area contributed by atoms with Crippen LogP contribution in [0.25, 0.3) is 0 Å². The van der Waals surface area contributed by atoms with Gasteiger partial charge < -0.3 is 10.1 Å². The number of benzene rings is 1. The second-order valence-electron chi connectivity index (χ2n) is 6.14. The van der Waals surface area contributed by atoms with Gasteiger partial charge in [0.25, 0.3) is 0 Å². The molecule has 5 nitrogen and oxygen atoms in total. The van der Waals surface area contributed by atoms with Gasteiger partial charge in [-0.2, -0.15) is 0 Å². The SMILES string of the molecule is COC(=O)c1nc(C2CC2)nc(NC(C)c2cccc(C)c2)c1Cl. The first kappa shape index (κ1) is 16.7. The van der Waals surface area contributed by atoms with Gasteiger partial charge in [-0.1, -0.05) is 41.4 Å². The maximum atomic E-state index is 12.0. The van der Waals surface area contributed by atoms with Crippen molar-refractivity contribution in [2.24, 2.45) is 0 Å². The number of ether oxygens (including phenoxy) is 1. The molecule has 1 saturated carbocycles. The van der Waals surface area contributed by atoms with E-state index in [1.165, 1.54) is 12.7 Å². The minimum absolute atomic E-state index is 0.00477. The van der Waals surface area contributed by atoms with Gasteiger partial charge in [0.1, 0.15) is 16.7 Å². The molecule has 2 aromatic rings. The predicted octanol–water partition coefficient (Wildman–Crippen LogP) is 4.28. The average molecular weight is 346 g/mol. The van der Waals surface area contributed by atoms with E-state index < -0.39 is 5.97 Å². The molecule has 3 rings (SSSR count). The molecule has 1 fully saturated rings. The third-order valence-electron chi connectivity index (χ3n) is 4.09. The summed E-state index contributed by atoms with van der Waals surface area (Å²) in [7, 11) is 1.32. The number of esters is 1. The van der Waals surface area contributed by atoms with Crippen molar-refractivity contribution >= 4 is 23.4 Å². The van der Waals surface area contributed by atoms with E-state index in [-0.39, 0.29) is 16.8 Å². The molecule has 1 N–H and O–H groups in total. The first-order chi connectivity index (χ1) is 11.5. The highest BCUT2D eigenvalue weighted by atomic mass is 35.5. The fourth-order valence-corrected chi connectivity index (χ4v) is 2.76. The highest BCUT2D eigenvalue weighted by molar-refractivity contribution is 6.35. The van der Waals surface area contributed by atoms with E-state index in [9.17, 15) is 4.79 Å². The Balaban J connectivity index is 1.94. The number of hydrogen-bond acceptors (Lipinski definition) is 5. The van der Waals surface area contributed by atoms with E-state index in [2.05, 4.69) is 34.3 Å². The number of aromatic nitrogens is 2. The van der Waals surface area contributed by atoms with Crippen molar-refractivity contribution in [2.45, 2.75) is 38.6 Å². The predicted molar refractivity (Wildman–Crippen MR) is 93.6 cm³/mol. The standard InChI is InChI=1S/C18H20ClN3O2/c1-10-5-4-6-13(9-10)11(2)20-17-14(19)15(18(23)24-3)21-16(22-17)12-7-8-12/h4-6,9,11-12H,7-8H2,1-3H3,(H,20,21,22). The van der Waals surface area contributed by atoms with Gasteiger partial charge >= 0.3 is 5.97 Å². The Hall–Kier alpha value is -2.14. The third-order valence-corrected chi connectivity index (χ3v) is 4.44.